The van der Waals surface area contributed by atoms with Crippen LogP contribution in [0.4, 0.5) is 0 Å². The van der Waals surface area contributed by atoms with E-state index in [9.17, 15) is 9.59 Å². The van der Waals surface area contributed by atoms with E-state index in [-0.39, 0.29) is 0 Å². The van der Waals surface area contributed by atoms with Crippen LogP contribution in [-0.4, -0.2) is 27.0 Å². The number of carbonyl (C=O) groups excluding carboxylic acids is 2. The molecule has 1 aliphatic heterocycles. The van der Waals surface area contributed by atoms with Crippen LogP contribution < -0.4 is 9.92 Å². The van der Waals surface area contributed by atoms with E-state index in [0.717, 1.165) is 17.7 Å². The van der Waals surface area contributed by atoms with Gasteiger partial charge in [-0.25, -0.2) is 0 Å². The van der Waals surface area contributed by atoms with E-state index < -0.39 is 27.0 Å². The Morgan fingerprint density at radius 3 is 2.45 bits per heavy atom. The van der Waals surface area contributed by atoms with Crippen molar-refractivity contribution in [3.8, 4) is 5.75 Å². The highest BCUT2D eigenvalue weighted by Gasteiger charge is 2.32. The second kappa shape index (κ2) is 6.49. The fraction of sp³-hybridized carbons (Fsp3) is 0.467. The molecule has 1 aromatic rings. The molecule has 6 nitrogen and oxygen atoms in total. The lowest BCUT2D eigenvalue weighted by Crippen LogP contribution is -2.42. The molecule has 0 N–H and O–H groups in total. The first-order chi connectivity index (χ1) is 10.3. The van der Waals surface area contributed by atoms with E-state index in [1.165, 1.54) is 13.8 Å². The van der Waals surface area contributed by atoms with Crippen molar-refractivity contribution in [2.45, 2.75) is 46.5 Å². The second-order valence-corrected chi connectivity index (χ2v) is 7.10. The molecule has 1 heterocycles. The molecule has 1 atom stereocenters. The van der Waals surface area contributed by atoms with Crippen LogP contribution in [0.2, 0.25) is 0 Å². The van der Waals surface area contributed by atoms with Gasteiger partial charge in [-0.3, -0.25) is 9.59 Å². The van der Waals surface area contributed by atoms with Crippen LogP contribution in [-0.2, 0) is 29.8 Å². The van der Waals surface area contributed by atoms with Crippen molar-refractivity contribution in [1.29, 1.82) is 0 Å². The number of hydrogen-bond acceptors (Lipinski definition) is 6. The maximum Gasteiger partial charge on any atom is 0.483 e. The highest BCUT2D eigenvalue weighted by atomic mass is 28.3. The highest BCUT2D eigenvalue weighted by molar-refractivity contribution is 6.64. The van der Waals surface area contributed by atoms with Gasteiger partial charge in [0.25, 0.3) is 11.9 Å². The molecule has 22 heavy (non-hydrogen) atoms. The minimum atomic E-state index is -2.61. The van der Waals surface area contributed by atoms with Crippen molar-refractivity contribution >= 4 is 26.4 Å². The van der Waals surface area contributed by atoms with Gasteiger partial charge in [-0.1, -0.05) is 13.0 Å². The number of rotatable bonds is 4. The minimum Gasteiger partial charge on any atom is -0.484 e. The Balaban J connectivity index is 2.26. The molecule has 0 spiro atoms. The van der Waals surface area contributed by atoms with Crippen molar-refractivity contribution in [3.05, 3.63) is 23.8 Å². The van der Waals surface area contributed by atoms with E-state index in [0.29, 0.717) is 11.8 Å². The van der Waals surface area contributed by atoms with Gasteiger partial charge in [0.2, 0.25) is 5.79 Å². The maximum atomic E-state index is 11.2. The van der Waals surface area contributed by atoms with Gasteiger partial charge in [0.1, 0.15) is 5.75 Å². The summed E-state index contributed by atoms with van der Waals surface area (Å²) >= 11 is 0. The zero-order valence-electron chi connectivity index (χ0n) is 13.2. The number of ether oxygens (including phenoxy) is 2. The third-order valence-electron chi connectivity index (χ3n) is 3.40. The maximum absolute atomic E-state index is 11.2. The average molecular weight is 324 g/mol. The zero-order valence-corrected chi connectivity index (χ0v) is 14.3. The van der Waals surface area contributed by atoms with Gasteiger partial charge in [-0.2, -0.15) is 0 Å². The number of fused-ring (bicyclic) bond motifs is 1. The van der Waals surface area contributed by atoms with E-state index in [1.54, 1.807) is 12.1 Å². The Morgan fingerprint density at radius 2 is 1.91 bits per heavy atom. The molecule has 0 bridgehead atoms. The summed E-state index contributed by atoms with van der Waals surface area (Å²) < 4.78 is 21.9. The van der Waals surface area contributed by atoms with Gasteiger partial charge in [0.05, 0.1) is 6.61 Å². The lowest BCUT2D eigenvalue weighted by molar-refractivity contribution is -0.194. The Hall–Kier alpha value is -1.86. The monoisotopic (exact) mass is 324 g/mol. The van der Waals surface area contributed by atoms with Crippen LogP contribution in [0.1, 0.15) is 39.7 Å². The molecule has 7 heteroatoms. The molecule has 1 unspecified atom stereocenters. The molecular weight excluding hydrogens is 304 g/mol. The summed E-state index contributed by atoms with van der Waals surface area (Å²) in [7, 11) is -2.61. The van der Waals surface area contributed by atoms with Gasteiger partial charge >= 0.3 is 9.28 Å². The molecule has 1 aliphatic rings. The molecule has 0 amide bonds. The predicted molar refractivity (Wildman–Crippen MR) is 80.9 cm³/mol. The molecule has 120 valence electrons. The SMILES string of the molecule is CCC1(C)OCc2cc([SiH](OC(C)=O)OC(C)=O)ccc2O1. The van der Waals surface area contributed by atoms with E-state index in [2.05, 4.69) is 0 Å². The molecular formula is C15H20O6Si. The van der Waals surface area contributed by atoms with Gasteiger partial charge in [0, 0.05) is 37.9 Å². The molecule has 1 aromatic carbocycles. The molecule has 0 fully saturated rings. The summed E-state index contributed by atoms with van der Waals surface area (Å²) in [5, 5.41) is 0.691. The van der Waals surface area contributed by atoms with Crippen molar-refractivity contribution in [1.82, 2.24) is 0 Å². The second-order valence-electron chi connectivity index (χ2n) is 5.30. The van der Waals surface area contributed by atoms with Crippen molar-refractivity contribution in [2.24, 2.45) is 0 Å². The number of carbonyl (C=O) groups is 2. The van der Waals surface area contributed by atoms with Crippen LogP contribution in [0, 0.1) is 0 Å². The summed E-state index contributed by atoms with van der Waals surface area (Å²) in [5.41, 5.74) is 0.847. The lowest BCUT2D eigenvalue weighted by Gasteiger charge is -2.35. The predicted octanol–water partition coefficient (Wildman–Crippen LogP) is 1.28. The summed E-state index contributed by atoms with van der Waals surface area (Å²) in [5.74, 6) is -0.835. The molecule has 0 aliphatic carbocycles. The fourth-order valence-electron chi connectivity index (χ4n) is 2.09. The Morgan fingerprint density at radius 1 is 1.27 bits per heavy atom. The highest BCUT2D eigenvalue weighted by Crippen LogP contribution is 2.32. The van der Waals surface area contributed by atoms with Crippen LogP contribution in [0.25, 0.3) is 0 Å². The first kappa shape index (κ1) is 16.5. The summed E-state index contributed by atoms with van der Waals surface area (Å²) in [6, 6.07) is 5.38. The van der Waals surface area contributed by atoms with Crippen LogP contribution >= 0.6 is 0 Å². The smallest absolute Gasteiger partial charge is 0.483 e. The van der Waals surface area contributed by atoms with Gasteiger partial charge in [-0.05, 0) is 12.1 Å². The molecule has 0 saturated carbocycles. The third-order valence-corrected chi connectivity index (χ3v) is 5.40. The quantitative estimate of drug-likeness (QED) is 0.777. The average Bonchev–Trinajstić information content (AvgIpc) is 2.45. The fourth-order valence-corrected chi connectivity index (χ4v) is 3.60. The summed E-state index contributed by atoms with van der Waals surface area (Å²) in [6.45, 7) is 6.86. The Labute approximate surface area is 131 Å². The Kier molecular flexibility index (Phi) is 4.87. The lowest BCUT2D eigenvalue weighted by atomic mass is 10.1. The molecule has 0 radical (unpaired) electrons. The van der Waals surface area contributed by atoms with Gasteiger partial charge in [-0.15, -0.1) is 0 Å². The van der Waals surface area contributed by atoms with Crippen LogP contribution in [0.5, 0.6) is 5.75 Å². The normalized spacial score (nSPS) is 20.0. The minimum absolute atomic E-state index is 0.398. The number of benzene rings is 1. The van der Waals surface area contributed by atoms with E-state index >= 15 is 0 Å². The van der Waals surface area contributed by atoms with Crippen molar-refractivity contribution < 1.29 is 27.9 Å². The van der Waals surface area contributed by atoms with E-state index in [1.807, 2.05) is 19.9 Å². The molecule has 2 rings (SSSR count). The van der Waals surface area contributed by atoms with E-state index in [4.69, 9.17) is 18.3 Å². The topological polar surface area (TPSA) is 71.1 Å². The van der Waals surface area contributed by atoms with Gasteiger partial charge in [0.15, 0.2) is 0 Å². The standard InChI is InChI=1S/C15H20O6Si/c1-5-15(4)18-9-12-8-13(6-7-14(12)19-15)22(20-10(2)16)21-11(3)17/h6-8,22H,5,9H2,1-4H3. The molecule has 0 saturated heterocycles. The van der Waals surface area contributed by atoms with Gasteiger partial charge < -0.3 is 18.3 Å². The molecule has 0 aromatic heterocycles. The van der Waals surface area contributed by atoms with Crippen molar-refractivity contribution in [2.75, 3.05) is 0 Å². The first-order valence-electron chi connectivity index (χ1n) is 7.13. The third kappa shape index (κ3) is 3.86. The largest absolute Gasteiger partial charge is 0.484 e. The van der Waals surface area contributed by atoms with Crippen LogP contribution in [0.3, 0.4) is 0 Å². The zero-order chi connectivity index (χ0) is 16.3. The first-order valence-corrected chi connectivity index (χ1v) is 8.65. The summed E-state index contributed by atoms with van der Waals surface area (Å²) in [6.07, 6.45) is 0.729. The Bertz CT molecular complexity index is 571. The van der Waals surface area contributed by atoms with Crippen molar-refractivity contribution in [3.63, 3.8) is 0 Å². The number of hydrogen-bond donors (Lipinski definition) is 0. The van der Waals surface area contributed by atoms with Crippen LogP contribution in [0.15, 0.2) is 18.2 Å². The summed E-state index contributed by atoms with van der Waals surface area (Å²) in [4.78, 5) is 22.4.